The average molecular weight is 310 g/mol. The first kappa shape index (κ1) is 15.5. The lowest BCUT2D eigenvalue weighted by Gasteiger charge is -2.26. The predicted molar refractivity (Wildman–Crippen MR) is 91.0 cm³/mol. The van der Waals surface area contributed by atoms with E-state index in [9.17, 15) is 4.79 Å². The van der Waals surface area contributed by atoms with Gasteiger partial charge in [0.15, 0.2) is 0 Å². The van der Waals surface area contributed by atoms with Crippen molar-refractivity contribution in [2.45, 2.75) is 33.1 Å². The molecule has 0 radical (unpaired) electrons. The van der Waals surface area contributed by atoms with Crippen LogP contribution in [0.2, 0.25) is 0 Å². The molecule has 1 saturated heterocycles. The van der Waals surface area contributed by atoms with E-state index in [-0.39, 0.29) is 5.91 Å². The van der Waals surface area contributed by atoms with Gasteiger partial charge in [0.1, 0.15) is 11.5 Å². The van der Waals surface area contributed by atoms with Crippen LogP contribution in [0.15, 0.2) is 30.6 Å². The number of carbonyl (C=O) groups excluding carboxylic acids is 1. The molecule has 3 rings (SSSR count). The Kier molecular flexibility index (Phi) is 4.55. The molecule has 5 heteroatoms. The van der Waals surface area contributed by atoms with E-state index in [0.717, 1.165) is 31.6 Å². The summed E-state index contributed by atoms with van der Waals surface area (Å²) in [7, 11) is 0. The van der Waals surface area contributed by atoms with Gasteiger partial charge in [-0.05, 0) is 56.4 Å². The van der Waals surface area contributed by atoms with Gasteiger partial charge in [-0.2, -0.15) is 0 Å². The van der Waals surface area contributed by atoms with Gasteiger partial charge in [-0.1, -0.05) is 6.07 Å². The Morgan fingerprint density at radius 1 is 1.00 bits per heavy atom. The summed E-state index contributed by atoms with van der Waals surface area (Å²) in [6.45, 7) is 5.76. The number of likely N-dealkylation sites (tertiary alicyclic amines) is 1. The van der Waals surface area contributed by atoms with Gasteiger partial charge in [0.05, 0.1) is 12.4 Å². The highest BCUT2D eigenvalue weighted by atomic mass is 16.2. The van der Waals surface area contributed by atoms with Gasteiger partial charge in [0.25, 0.3) is 5.91 Å². The van der Waals surface area contributed by atoms with E-state index < -0.39 is 0 Å². The Bertz CT molecular complexity index is 670. The third kappa shape index (κ3) is 3.86. The molecule has 1 aromatic heterocycles. The molecular formula is C18H22N4O. The van der Waals surface area contributed by atoms with E-state index in [1.807, 2.05) is 4.90 Å². The van der Waals surface area contributed by atoms with Crippen molar-refractivity contribution >= 4 is 17.4 Å². The standard InChI is InChI=1S/C18H22N4O/c1-13-8-14(2)10-15(9-13)21-17-12-19-16(11-20-17)18(23)22-6-4-3-5-7-22/h8-12H,3-7H2,1-2H3,(H,20,21). The molecule has 1 amide bonds. The Balaban J connectivity index is 1.70. The average Bonchev–Trinajstić information content (AvgIpc) is 2.55. The third-order valence-electron chi connectivity index (χ3n) is 4.01. The van der Waals surface area contributed by atoms with Crippen LogP contribution in [0.1, 0.15) is 40.9 Å². The molecule has 23 heavy (non-hydrogen) atoms. The van der Waals surface area contributed by atoms with Crippen molar-refractivity contribution in [1.82, 2.24) is 14.9 Å². The van der Waals surface area contributed by atoms with Gasteiger partial charge in [-0.25, -0.2) is 9.97 Å². The molecule has 2 aromatic rings. The summed E-state index contributed by atoms with van der Waals surface area (Å²) < 4.78 is 0. The number of aryl methyl sites for hydroxylation is 2. The Morgan fingerprint density at radius 2 is 1.70 bits per heavy atom. The van der Waals surface area contributed by atoms with E-state index in [2.05, 4.69) is 47.3 Å². The fourth-order valence-electron chi connectivity index (χ4n) is 2.96. The van der Waals surface area contributed by atoms with Gasteiger partial charge in [-0.15, -0.1) is 0 Å². The van der Waals surface area contributed by atoms with Crippen LogP contribution in [-0.4, -0.2) is 33.9 Å². The van der Waals surface area contributed by atoms with Crippen molar-refractivity contribution in [2.75, 3.05) is 18.4 Å². The monoisotopic (exact) mass is 310 g/mol. The van der Waals surface area contributed by atoms with Crippen molar-refractivity contribution in [3.05, 3.63) is 47.4 Å². The second-order valence-corrected chi connectivity index (χ2v) is 6.14. The zero-order valence-electron chi connectivity index (χ0n) is 13.7. The molecule has 2 heterocycles. The molecule has 1 aliphatic heterocycles. The van der Waals surface area contributed by atoms with Crippen LogP contribution >= 0.6 is 0 Å². The van der Waals surface area contributed by atoms with E-state index in [4.69, 9.17) is 0 Å². The van der Waals surface area contributed by atoms with E-state index in [0.29, 0.717) is 11.5 Å². The van der Waals surface area contributed by atoms with Crippen LogP contribution in [0.25, 0.3) is 0 Å². The molecule has 0 spiro atoms. The number of nitrogens with zero attached hydrogens (tertiary/aromatic N) is 3. The first-order chi connectivity index (χ1) is 11.1. The lowest BCUT2D eigenvalue weighted by molar-refractivity contribution is 0.0718. The number of amides is 1. The summed E-state index contributed by atoms with van der Waals surface area (Å²) in [6, 6.07) is 6.24. The van der Waals surface area contributed by atoms with Crippen molar-refractivity contribution in [3.63, 3.8) is 0 Å². The van der Waals surface area contributed by atoms with Crippen molar-refractivity contribution in [2.24, 2.45) is 0 Å². The molecule has 0 atom stereocenters. The Morgan fingerprint density at radius 3 is 2.30 bits per heavy atom. The number of aromatic nitrogens is 2. The summed E-state index contributed by atoms with van der Waals surface area (Å²) in [5.41, 5.74) is 3.78. The summed E-state index contributed by atoms with van der Waals surface area (Å²) in [5.74, 6) is 0.625. The summed E-state index contributed by atoms with van der Waals surface area (Å²) in [6.07, 6.45) is 6.53. The van der Waals surface area contributed by atoms with Crippen LogP contribution in [0.3, 0.4) is 0 Å². The summed E-state index contributed by atoms with van der Waals surface area (Å²) in [4.78, 5) is 22.8. The van der Waals surface area contributed by atoms with Crippen LogP contribution in [-0.2, 0) is 0 Å². The smallest absolute Gasteiger partial charge is 0.274 e. The van der Waals surface area contributed by atoms with Crippen LogP contribution in [0, 0.1) is 13.8 Å². The van der Waals surface area contributed by atoms with E-state index in [1.165, 1.54) is 17.5 Å². The van der Waals surface area contributed by atoms with Gasteiger partial charge in [-0.3, -0.25) is 4.79 Å². The summed E-state index contributed by atoms with van der Waals surface area (Å²) in [5, 5.41) is 3.23. The number of nitrogens with one attached hydrogen (secondary N) is 1. The lowest BCUT2D eigenvalue weighted by Crippen LogP contribution is -2.36. The zero-order valence-corrected chi connectivity index (χ0v) is 13.7. The maximum atomic E-state index is 12.4. The molecule has 0 unspecified atom stereocenters. The highest BCUT2D eigenvalue weighted by Crippen LogP contribution is 2.18. The predicted octanol–water partition coefficient (Wildman–Crippen LogP) is 3.46. The van der Waals surface area contributed by atoms with Crippen molar-refractivity contribution < 1.29 is 4.79 Å². The topological polar surface area (TPSA) is 58.1 Å². The fraction of sp³-hybridized carbons (Fsp3) is 0.389. The second kappa shape index (κ2) is 6.77. The number of hydrogen-bond acceptors (Lipinski definition) is 4. The fourth-order valence-corrected chi connectivity index (χ4v) is 2.96. The highest BCUT2D eigenvalue weighted by molar-refractivity contribution is 5.92. The summed E-state index contributed by atoms with van der Waals surface area (Å²) >= 11 is 0. The first-order valence-corrected chi connectivity index (χ1v) is 8.08. The molecule has 1 aromatic carbocycles. The number of rotatable bonds is 3. The van der Waals surface area contributed by atoms with E-state index >= 15 is 0 Å². The zero-order chi connectivity index (χ0) is 16.2. The maximum absolute atomic E-state index is 12.4. The van der Waals surface area contributed by atoms with Gasteiger partial charge < -0.3 is 10.2 Å². The first-order valence-electron chi connectivity index (χ1n) is 8.08. The Hall–Kier alpha value is -2.43. The lowest BCUT2D eigenvalue weighted by atomic mass is 10.1. The minimum Gasteiger partial charge on any atom is -0.339 e. The third-order valence-corrected chi connectivity index (χ3v) is 4.01. The van der Waals surface area contributed by atoms with Gasteiger partial charge in [0, 0.05) is 18.8 Å². The highest BCUT2D eigenvalue weighted by Gasteiger charge is 2.19. The number of benzene rings is 1. The normalized spacial score (nSPS) is 14.6. The SMILES string of the molecule is Cc1cc(C)cc(Nc2cnc(C(=O)N3CCCCC3)cn2)c1. The minimum absolute atomic E-state index is 0.0184. The molecule has 0 saturated carbocycles. The number of carbonyl (C=O) groups is 1. The molecule has 1 fully saturated rings. The minimum atomic E-state index is -0.0184. The molecule has 120 valence electrons. The van der Waals surface area contributed by atoms with Crippen LogP contribution in [0.5, 0.6) is 0 Å². The van der Waals surface area contributed by atoms with E-state index in [1.54, 1.807) is 12.4 Å². The molecule has 0 aliphatic carbocycles. The number of hydrogen-bond donors (Lipinski definition) is 1. The largest absolute Gasteiger partial charge is 0.339 e. The van der Waals surface area contributed by atoms with Crippen molar-refractivity contribution in [1.29, 1.82) is 0 Å². The van der Waals surface area contributed by atoms with Crippen LogP contribution in [0.4, 0.5) is 11.5 Å². The number of anilines is 2. The molecule has 0 bridgehead atoms. The molecule has 1 aliphatic rings. The van der Waals surface area contributed by atoms with Crippen LogP contribution < -0.4 is 5.32 Å². The second-order valence-electron chi connectivity index (χ2n) is 6.14. The Labute approximate surface area is 136 Å². The van der Waals surface area contributed by atoms with Gasteiger partial charge in [0.2, 0.25) is 0 Å². The molecular weight excluding hydrogens is 288 g/mol. The quantitative estimate of drug-likeness (QED) is 0.943. The molecule has 1 N–H and O–H groups in total. The maximum Gasteiger partial charge on any atom is 0.274 e. The molecule has 5 nitrogen and oxygen atoms in total. The van der Waals surface area contributed by atoms with Gasteiger partial charge >= 0.3 is 0 Å². The number of piperidine rings is 1. The van der Waals surface area contributed by atoms with Crippen molar-refractivity contribution in [3.8, 4) is 0 Å².